The van der Waals surface area contributed by atoms with E-state index in [2.05, 4.69) is 22.6 Å². The van der Waals surface area contributed by atoms with E-state index < -0.39 is 5.97 Å². The van der Waals surface area contributed by atoms with Crippen LogP contribution in [0.2, 0.25) is 5.02 Å². The summed E-state index contributed by atoms with van der Waals surface area (Å²) in [5.41, 5.74) is 2.98. The molecule has 1 heterocycles. The molecule has 1 fully saturated rings. The van der Waals surface area contributed by atoms with Gasteiger partial charge < -0.3 is 9.47 Å². The van der Waals surface area contributed by atoms with Crippen molar-refractivity contribution in [3.63, 3.8) is 0 Å². The summed E-state index contributed by atoms with van der Waals surface area (Å²) in [7, 11) is 0. The number of thioether (sulfide) groups is 1. The number of esters is 1. The molecule has 0 spiro atoms. The summed E-state index contributed by atoms with van der Waals surface area (Å²) in [5.74, 6) is -0.258. The van der Waals surface area contributed by atoms with Crippen LogP contribution >= 0.6 is 46.0 Å². The highest BCUT2D eigenvalue weighted by molar-refractivity contribution is 14.1. The molecule has 0 N–H and O–H groups in total. The molecule has 0 aliphatic carbocycles. The maximum Gasteiger partial charge on any atom is 0.343 e. The zero-order chi connectivity index (χ0) is 25.8. The van der Waals surface area contributed by atoms with Crippen LogP contribution < -0.4 is 9.47 Å². The Morgan fingerprint density at radius 3 is 2.44 bits per heavy atom. The molecule has 2 amide bonds. The van der Waals surface area contributed by atoms with Gasteiger partial charge in [-0.2, -0.15) is 0 Å². The first kappa shape index (κ1) is 26.2. The van der Waals surface area contributed by atoms with Crippen LogP contribution in [0.3, 0.4) is 0 Å². The summed E-state index contributed by atoms with van der Waals surface area (Å²) in [4.78, 5) is 39.7. The number of carbonyl (C=O) groups is 3. The Morgan fingerprint density at radius 1 is 1.08 bits per heavy atom. The molecule has 0 aromatic heterocycles. The quantitative estimate of drug-likeness (QED) is 0.120. The predicted molar refractivity (Wildman–Crippen MR) is 149 cm³/mol. The highest BCUT2D eigenvalue weighted by atomic mass is 127. The third-order valence-corrected chi connectivity index (χ3v) is 7.20. The van der Waals surface area contributed by atoms with E-state index >= 15 is 0 Å². The van der Waals surface area contributed by atoms with Gasteiger partial charge in [-0.1, -0.05) is 41.4 Å². The standard InChI is InChI=1S/C27H21ClINO5S/c1-3-34-22-13-18(12-21(29)24(22)35-26(32)19-8-10-20(28)11-9-19)14-23-25(31)30(27(33)36-23)15-17-6-4-16(2)5-7-17/h4-14H,3,15H2,1-2H3/b23-14-. The van der Waals surface area contributed by atoms with E-state index in [4.69, 9.17) is 21.1 Å². The van der Waals surface area contributed by atoms with Gasteiger partial charge in [0.1, 0.15) is 0 Å². The van der Waals surface area contributed by atoms with Crippen molar-refractivity contribution in [3.8, 4) is 11.5 Å². The first-order valence-corrected chi connectivity index (χ1v) is 13.3. The molecule has 6 nitrogen and oxygen atoms in total. The normalized spacial score (nSPS) is 14.4. The van der Waals surface area contributed by atoms with Crippen molar-refractivity contribution in [2.45, 2.75) is 20.4 Å². The lowest BCUT2D eigenvalue weighted by Crippen LogP contribution is -2.27. The van der Waals surface area contributed by atoms with Gasteiger partial charge in [0, 0.05) is 5.02 Å². The largest absolute Gasteiger partial charge is 0.490 e. The summed E-state index contributed by atoms with van der Waals surface area (Å²) >= 11 is 8.85. The first-order valence-electron chi connectivity index (χ1n) is 11.0. The fourth-order valence-electron chi connectivity index (χ4n) is 3.43. The summed E-state index contributed by atoms with van der Waals surface area (Å²) in [6.45, 7) is 4.36. The van der Waals surface area contributed by atoms with Gasteiger partial charge in [-0.05, 0) is 102 Å². The van der Waals surface area contributed by atoms with Crippen molar-refractivity contribution >= 4 is 69.1 Å². The van der Waals surface area contributed by atoms with Crippen molar-refractivity contribution in [2.75, 3.05) is 6.61 Å². The number of aryl methyl sites for hydroxylation is 1. The van der Waals surface area contributed by atoms with E-state index in [0.29, 0.717) is 37.0 Å². The highest BCUT2D eigenvalue weighted by Gasteiger charge is 2.35. The van der Waals surface area contributed by atoms with Crippen molar-refractivity contribution in [1.29, 1.82) is 0 Å². The summed E-state index contributed by atoms with van der Waals surface area (Å²) in [6, 6.07) is 17.5. The third kappa shape index (κ3) is 6.11. The molecule has 3 aromatic rings. The number of ether oxygens (including phenoxy) is 2. The Bertz CT molecular complexity index is 1360. The van der Waals surface area contributed by atoms with Gasteiger partial charge in [0.25, 0.3) is 11.1 Å². The van der Waals surface area contributed by atoms with Crippen LogP contribution in [0.1, 0.15) is 34.0 Å². The fraction of sp³-hybridized carbons (Fsp3) is 0.148. The molecular weight excluding hydrogens is 613 g/mol. The number of rotatable bonds is 7. The SMILES string of the molecule is CCOc1cc(/C=C2\SC(=O)N(Cc3ccc(C)cc3)C2=O)cc(I)c1OC(=O)c1ccc(Cl)cc1. The molecular formula is C27H21ClINO5S. The number of benzene rings is 3. The van der Waals surface area contributed by atoms with E-state index in [1.54, 1.807) is 42.5 Å². The monoisotopic (exact) mass is 633 g/mol. The van der Waals surface area contributed by atoms with Crippen molar-refractivity contribution in [2.24, 2.45) is 0 Å². The Balaban J connectivity index is 1.57. The number of hydrogen-bond donors (Lipinski definition) is 0. The molecule has 1 saturated heterocycles. The van der Waals surface area contributed by atoms with E-state index in [-0.39, 0.29) is 23.4 Å². The fourth-order valence-corrected chi connectivity index (χ4v) is 5.13. The maximum atomic E-state index is 13.0. The molecule has 184 valence electrons. The molecule has 0 bridgehead atoms. The van der Waals surface area contributed by atoms with Crippen LogP contribution in [-0.2, 0) is 11.3 Å². The average Bonchev–Trinajstić information content (AvgIpc) is 3.10. The van der Waals surface area contributed by atoms with Crippen LogP contribution in [0.5, 0.6) is 11.5 Å². The smallest absolute Gasteiger partial charge is 0.343 e. The van der Waals surface area contributed by atoms with E-state index in [1.165, 1.54) is 4.90 Å². The van der Waals surface area contributed by atoms with Crippen molar-refractivity contribution in [1.82, 2.24) is 4.90 Å². The van der Waals surface area contributed by atoms with Crippen LogP contribution in [0.15, 0.2) is 65.6 Å². The Hall–Kier alpha value is -2.82. The molecule has 36 heavy (non-hydrogen) atoms. The lowest BCUT2D eigenvalue weighted by atomic mass is 10.1. The van der Waals surface area contributed by atoms with Crippen LogP contribution in [0.25, 0.3) is 6.08 Å². The lowest BCUT2D eigenvalue weighted by molar-refractivity contribution is -0.123. The molecule has 9 heteroatoms. The second-order valence-corrected chi connectivity index (χ2v) is 10.5. The molecule has 0 radical (unpaired) electrons. The third-order valence-electron chi connectivity index (χ3n) is 5.24. The van der Waals surface area contributed by atoms with E-state index in [1.807, 2.05) is 38.1 Å². The highest BCUT2D eigenvalue weighted by Crippen LogP contribution is 2.38. The lowest BCUT2D eigenvalue weighted by Gasteiger charge is -2.14. The van der Waals surface area contributed by atoms with Gasteiger partial charge in [-0.15, -0.1) is 0 Å². The number of amides is 2. The second kappa shape index (κ2) is 11.5. The van der Waals surface area contributed by atoms with Crippen LogP contribution in [0.4, 0.5) is 4.79 Å². The van der Waals surface area contributed by atoms with Crippen molar-refractivity contribution in [3.05, 3.63) is 96.4 Å². The van der Waals surface area contributed by atoms with Gasteiger partial charge in [-0.25, -0.2) is 4.79 Å². The van der Waals surface area contributed by atoms with Gasteiger partial charge >= 0.3 is 5.97 Å². The molecule has 1 aliphatic heterocycles. The number of hydrogen-bond acceptors (Lipinski definition) is 6. The average molecular weight is 634 g/mol. The predicted octanol–water partition coefficient (Wildman–Crippen LogP) is 7.11. The minimum atomic E-state index is -0.546. The molecule has 0 unspecified atom stereocenters. The topological polar surface area (TPSA) is 72.9 Å². The second-order valence-electron chi connectivity index (χ2n) is 7.91. The van der Waals surface area contributed by atoms with Gasteiger partial charge in [0.05, 0.1) is 27.2 Å². The first-order chi connectivity index (χ1) is 17.2. The van der Waals surface area contributed by atoms with Gasteiger partial charge in [-0.3, -0.25) is 14.5 Å². The molecule has 0 atom stereocenters. The zero-order valence-electron chi connectivity index (χ0n) is 19.4. The molecule has 3 aromatic carbocycles. The van der Waals surface area contributed by atoms with Gasteiger partial charge in [0.2, 0.25) is 0 Å². The minimum absolute atomic E-state index is 0.212. The minimum Gasteiger partial charge on any atom is -0.490 e. The number of halogens is 2. The van der Waals surface area contributed by atoms with Crippen molar-refractivity contribution < 1.29 is 23.9 Å². The molecule has 1 aliphatic rings. The Labute approximate surface area is 231 Å². The van der Waals surface area contributed by atoms with Crippen LogP contribution in [-0.4, -0.2) is 28.6 Å². The zero-order valence-corrected chi connectivity index (χ0v) is 23.1. The molecule has 4 rings (SSSR count). The summed E-state index contributed by atoms with van der Waals surface area (Å²) < 4.78 is 12.0. The maximum absolute atomic E-state index is 13.0. The number of carbonyl (C=O) groups excluding carboxylic acids is 3. The number of imide groups is 1. The summed E-state index contributed by atoms with van der Waals surface area (Å²) in [6.07, 6.45) is 1.65. The Kier molecular flexibility index (Phi) is 8.38. The Morgan fingerprint density at radius 2 is 1.78 bits per heavy atom. The molecule has 0 saturated carbocycles. The van der Waals surface area contributed by atoms with E-state index in [9.17, 15) is 14.4 Å². The summed E-state index contributed by atoms with van der Waals surface area (Å²) in [5, 5.41) is 0.198. The van der Waals surface area contributed by atoms with Gasteiger partial charge in [0.15, 0.2) is 11.5 Å². The van der Waals surface area contributed by atoms with Crippen LogP contribution in [0, 0.1) is 10.5 Å². The number of nitrogens with zero attached hydrogens (tertiary/aromatic N) is 1. The van der Waals surface area contributed by atoms with E-state index in [0.717, 1.165) is 22.9 Å².